The smallest absolute Gasteiger partial charge is 0.279 e. The first-order valence-corrected chi connectivity index (χ1v) is 7.29. The molecule has 4 heterocycles. The minimum Gasteiger partial charge on any atom is -0.314 e. The molecule has 0 bridgehead atoms. The molecule has 1 aliphatic rings. The van der Waals surface area contributed by atoms with Crippen molar-refractivity contribution in [1.82, 2.24) is 19.2 Å². The SMILES string of the molecule is Cn1ccc(-c2cc(C(=O)N3CCCO3)c3ccccn23)n1. The zero-order valence-corrected chi connectivity index (χ0v) is 12.3. The quantitative estimate of drug-likeness (QED) is 0.728. The average molecular weight is 296 g/mol. The van der Waals surface area contributed by atoms with Crippen molar-refractivity contribution in [2.24, 2.45) is 7.05 Å². The van der Waals surface area contributed by atoms with E-state index in [9.17, 15) is 4.79 Å². The molecule has 22 heavy (non-hydrogen) atoms. The number of nitrogens with zero attached hydrogens (tertiary/aromatic N) is 4. The maximum absolute atomic E-state index is 12.7. The van der Waals surface area contributed by atoms with Gasteiger partial charge in [-0.3, -0.25) is 14.3 Å². The lowest BCUT2D eigenvalue weighted by Gasteiger charge is -2.12. The molecule has 0 atom stereocenters. The molecule has 1 amide bonds. The largest absolute Gasteiger partial charge is 0.314 e. The number of hydrogen-bond donors (Lipinski definition) is 0. The van der Waals surface area contributed by atoms with Crippen molar-refractivity contribution in [2.45, 2.75) is 6.42 Å². The molecule has 4 rings (SSSR count). The highest BCUT2D eigenvalue weighted by Gasteiger charge is 2.25. The van der Waals surface area contributed by atoms with Crippen molar-refractivity contribution in [3.63, 3.8) is 0 Å². The van der Waals surface area contributed by atoms with Gasteiger partial charge in [-0.15, -0.1) is 0 Å². The standard InChI is InChI=1S/C16H16N4O2/c1-18-9-6-13(17-18)15-11-12(14-5-2-3-7-19(14)15)16(21)20-8-4-10-22-20/h2-3,5-7,9,11H,4,8,10H2,1H3. The zero-order valence-electron chi connectivity index (χ0n) is 12.3. The number of pyridine rings is 1. The molecule has 0 unspecified atom stereocenters. The van der Waals surface area contributed by atoms with E-state index in [0.717, 1.165) is 23.3 Å². The summed E-state index contributed by atoms with van der Waals surface area (Å²) in [6.07, 6.45) is 4.72. The van der Waals surface area contributed by atoms with Crippen LogP contribution in [0.15, 0.2) is 42.7 Å². The number of carbonyl (C=O) groups is 1. The van der Waals surface area contributed by atoms with Gasteiger partial charge < -0.3 is 4.40 Å². The van der Waals surface area contributed by atoms with E-state index in [1.165, 1.54) is 5.06 Å². The Bertz CT molecular complexity index is 843. The van der Waals surface area contributed by atoms with Gasteiger partial charge in [0, 0.05) is 19.4 Å². The van der Waals surface area contributed by atoms with E-state index in [2.05, 4.69) is 5.10 Å². The summed E-state index contributed by atoms with van der Waals surface area (Å²) in [6, 6.07) is 9.64. The third-order valence-electron chi connectivity index (χ3n) is 3.86. The minimum absolute atomic E-state index is 0.0941. The van der Waals surface area contributed by atoms with E-state index < -0.39 is 0 Å². The molecule has 0 aromatic carbocycles. The third kappa shape index (κ3) is 2.00. The molecule has 1 aliphatic heterocycles. The van der Waals surface area contributed by atoms with Crippen LogP contribution >= 0.6 is 0 Å². The second-order valence-electron chi connectivity index (χ2n) is 5.37. The average Bonchev–Trinajstić information content (AvgIpc) is 3.25. The van der Waals surface area contributed by atoms with Gasteiger partial charge in [0.25, 0.3) is 5.91 Å². The summed E-state index contributed by atoms with van der Waals surface area (Å²) in [4.78, 5) is 18.1. The van der Waals surface area contributed by atoms with E-state index in [0.29, 0.717) is 18.7 Å². The van der Waals surface area contributed by atoms with Crippen LogP contribution < -0.4 is 0 Å². The van der Waals surface area contributed by atoms with Crippen molar-refractivity contribution in [2.75, 3.05) is 13.2 Å². The Balaban J connectivity index is 1.87. The monoisotopic (exact) mass is 296 g/mol. The summed E-state index contributed by atoms with van der Waals surface area (Å²) in [5.74, 6) is -0.0941. The predicted octanol–water partition coefficient (Wildman–Crippen LogP) is 2.12. The number of aryl methyl sites for hydroxylation is 1. The number of carbonyl (C=O) groups excluding carboxylic acids is 1. The first kappa shape index (κ1) is 13.1. The van der Waals surface area contributed by atoms with Gasteiger partial charge in [-0.25, -0.2) is 5.06 Å². The van der Waals surface area contributed by atoms with Crippen molar-refractivity contribution in [3.05, 3.63) is 48.3 Å². The molecular formula is C16H16N4O2. The lowest BCUT2D eigenvalue weighted by molar-refractivity contribution is -0.0767. The van der Waals surface area contributed by atoms with Crippen LogP contribution in [0, 0.1) is 0 Å². The van der Waals surface area contributed by atoms with Crippen molar-refractivity contribution >= 4 is 11.4 Å². The van der Waals surface area contributed by atoms with Gasteiger partial charge in [0.2, 0.25) is 0 Å². The van der Waals surface area contributed by atoms with Crippen LogP contribution in [0.4, 0.5) is 0 Å². The zero-order chi connectivity index (χ0) is 15.1. The lowest BCUT2D eigenvalue weighted by Crippen LogP contribution is -2.26. The van der Waals surface area contributed by atoms with E-state index in [1.807, 2.05) is 54.2 Å². The molecule has 6 heteroatoms. The van der Waals surface area contributed by atoms with Crippen LogP contribution in [0.3, 0.4) is 0 Å². The summed E-state index contributed by atoms with van der Waals surface area (Å²) < 4.78 is 3.74. The highest BCUT2D eigenvalue weighted by molar-refractivity contribution is 6.02. The number of hydroxylamine groups is 2. The highest BCUT2D eigenvalue weighted by Crippen LogP contribution is 2.26. The van der Waals surface area contributed by atoms with Crippen LogP contribution in [0.25, 0.3) is 16.9 Å². The molecule has 0 N–H and O–H groups in total. The molecule has 0 radical (unpaired) electrons. The first-order valence-electron chi connectivity index (χ1n) is 7.29. The summed E-state index contributed by atoms with van der Waals surface area (Å²) in [7, 11) is 1.88. The fourth-order valence-corrected chi connectivity index (χ4v) is 2.82. The summed E-state index contributed by atoms with van der Waals surface area (Å²) in [5, 5.41) is 5.89. The molecule has 1 saturated heterocycles. The van der Waals surface area contributed by atoms with Gasteiger partial charge in [0.1, 0.15) is 5.69 Å². The fraction of sp³-hybridized carbons (Fsp3) is 0.250. The summed E-state index contributed by atoms with van der Waals surface area (Å²) in [5.41, 5.74) is 3.25. The molecule has 0 spiro atoms. The number of aromatic nitrogens is 3. The Morgan fingerprint density at radius 2 is 2.18 bits per heavy atom. The van der Waals surface area contributed by atoms with Crippen LogP contribution in [0.2, 0.25) is 0 Å². The van der Waals surface area contributed by atoms with Gasteiger partial charge in [-0.2, -0.15) is 5.10 Å². The Labute approximate surface area is 127 Å². The van der Waals surface area contributed by atoms with Gasteiger partial charge >= 0.3 is 0 Å². The maximum atomic E-state index is 12.7. The van der Waals surface area contributed by atoms with E-state index in [-0.39, 0.29) is 5.91 Å². The number of fused-ring (bicyclic) bond motifs is 1. The Morgan fingerprint density at radius 1 is 1.27 bits per heavy atom. The summed E-state index contributed by atoms with van der Waals surface area (Å²) in [6.45, 7) is 1.24. The van der Waals surface area contributed by atoms with Crippen molar-refractivity contribution < 1.29 is 9.63 Å². The second-order valence-corrected chi connectivity index (χ2v) is 5.37. The lowest BCUT2D eigenvalue weighted by atomic mass is 10.2. The Hall–Kier alpha value is -2.60. The molecule has 6 nitrogen and oxygen atoms in total. The van der Waals surface area contributed by atoms with Crippen LogP contribution in [0.5, 0.6) is 0 Å². The van der Waals surface area contributed by atoms with Crippen molar-refractivity contribution in [3.8, 4) is 11.4 Å². The Kier molecular flexibility index (Phi) is 2.97. The molecule has 3 aromatic rings. The van der Waals surface area contributed by atoms with Crippen LogP contribution in [-0.2, 0) is 11.9 Å². The van der Waals surface area contributed by atoms with Crippen molar-refractivity contribution in [1.29, 1.82) is 0 Å². The normalized spacial score (nSPS) is 14.9. The molecular weight excluding hydrogens is 280 g/mol. The van der Waals surface area contributed by atoms with Gasteiger partial charge in [0.15, 0.2) is 0 Å². The maximum Gasteiger partial charge on any atom is 0.279 e. The first-order chi connectivity index (χ1) is 10.7. The summed E-state index contributed by atoms with van der Waals surface area (Å²) >= 11 is 0. The molecule has 0 aliphatic carbocycles. The topological polar surface area (TPSA) is 51.8 Å². The number of amides is 1. The minimum atomic E-state index is -0.0941. The number of hydrogen-bond acceptors (Lipinski definition) is 3. The van der Waals surface area contributed by atoms with E-state index >= 15 is 0 Å². The second kappa shape index (κ2) is 4.99. The third-order valence-corrected chi connectivity index (χ3v) is 3.86. The fourth-order valence-electron chi connectivity index (χ4n) is 2.82. The van der Waals surface area contributed by atoms with Crippen LogP contribution in [-0.4, -0.2) is 38.3 Å². The van der Waals surface area contributed by atoms with Gasteiger partial charge in [0.05, 0.1) is 29.9 Å². The molecule has 0 saturated carbocycles. The predicted molar refractivity (Wildman–Crippen MR) is 81.2 cm³/mol. The highest BCUT2D eigenvalue weighted by atomic mass is 16.7. The molecule has 1 fully saturated rings. The Morgan fingerprint density at radius 3 is 2.91 bits per heavy atom. The number of rotatable bonds is 2. The van der Waals surface area contributed by atoms with E-state index in [1.54, 1.807) is 4.68 Å². The van der Waals surface area contributed by atoms with Gasteiger partial charge in [-0.1, -0.05) is 6.07 Å². The van der Waals surface area contributed by atoms with E-state index in [4.69, 9.17) is 4.84 Å². The van der Waals surface area contributed by atoms with Gasteiger partial charge in [-0.05, 0) is 30.7 Å². The molecule has 112 valence electrons. The van der Waals surface area contributed by atoms with Crippen LogP contribution in [0.1, 0.15) is 16.8 Å². The molecule has 3 aromatic heterocycles.